The van der Waals surface area contributed by atoms with E-state index in [0.717, 1.165) is 4.47 Å². The average Bonchev–Trinajstić information content (AvgIpc) is 2.40. The monoisotopic (exact) mass is 333 g/mol. The Bertz CT molecular complexity index is 678. The second-order valence-electron chi connectivity index (χ2n) is 4.19. The third kappa shape index (κ3) is 3.19. The second-order valence-corrected chi connectivity index (χ2v) is 5.10. The fourth-order valence-electron chi connectivity index (χ4n) is 1.73. The van der Waals surface area contributed by atoms with E-state index in [0.29, 0.717) is 16.8 Å². The molecule has 4 nitrogen and oxygen atoms in total. The van der Waals surface area contributed by atoms with Gasteiger partial charge >= 0.3 is 5.97 Å². The maximum absolute atomic E-state index is 11.4. The van der Waals surface area contributed by atoms with E-state index in [1.807, 2.05) is 0 Å². The lowest BCUT2D eigenvalue weighted by molar-refractivity contribution is -0.130. The number of anilines is 1. The predicted octanol–water partition coefficient (Wildman–Crippen LogP) is 3.36. The predicted molar refractivity (Wildman–Crippen MR) is 82.2 cm³/mol. The van der Waals surface area contributed by atoms with Crippen LogP contribution in [0, 0.1) is 0 Å². The Hall–Kier alpha value is -2.27. The van der Waals surface area contributed by atoms with Crippen molar-refractivity contribution < 1.29 is 15.0 Å². The summed E-state index contributed by atoms with van der Waals surface area (Å²) in [6.07, 6.45) is 1.42. The minimum atomic E-state index is -1.07. The van der Waals surface area contributed by atoms with Crippen LogP contribution in [0.15, 0.2) is 46.9 Å². The van der Waals surface area contributed by atoms with Gasteiger partial charge in [-0.15, -0.1) is 0 Å². The summed E-state index contributed by atoms with van der Waals surface area (Å²) >= 11 is 3.28. The Balaban J connectivity index is 2.53. The van der Waals surface area contributed by atoms with Crippen molar-refractivity contribution in [2.75, 3.05) is 5.73 Å². The molecule has 0 amide bonds. The first-order valence-corrected chi connectivity index (χ1v) is 6.56. The van der Waals surface area contributed by atoms with Crippen LogP contribution in [0.5, 0.6) is 5.75 Å². The van der Waals surface area contributed by atoms with Gasteiger partial charge in [-0.1, -0.05) is 28.1 Å². The van der Waals surface area contributed by atoms with E-state index in [9.17, 15) is 15.0 Å². The van der Waals surface area contributed by atoms with Crippen molar-refractivity contribution in [2.24, 2.45) is 0 Å². The molecule has 20 heavy (non-hydrogen) atoms. The van der Waals surface area contributed by atoms with Gasteiger partial charge in [-0.25, -0.2) is 4.79 Å². The van der Waals surface area contributed by atoms with Crippen LogP contribution in [0.1, 0.15) is 11.1 Å². The van der Waals surface area contributed by atoms with E-state index in [2.05, 4.69) is 15.9 Å². The summed E-state index contributed by atoms with van der Waals surface area (Å²) in [6.45, 7) is 0. The van der Waals surface area contributed by atoms with E-state index < -0.39 is 5.97 Å². The summed E-state index contributed by atoms with van der Waals surface area (Å²) in [6, 6.07) is 11.3. The minimum absolute atomic E-state index is 0.0161. The molecule has 0 radical (unpaired) electrons. The molecule has 0 aromatic heterocycles. The third-order valence-corrected chi connectivity index (χ3v) is 3.23. The highest BCUT2D eigenvalue weighted by molar-refractivity contribution is 9.10. The number of aromatic hydroxyl groups is 1. The van der Waals surface area contributed by atoms with Gasteiger partial charge in [0.15, 0.2) is 0 Å². The lowest BCUT2D eigenvalue weighted by Crippen LogP contribution is -2.00. The van der Waals surface area contributed by atoms with Gasteiger partial charge in [-0.05, 0) is 42.0 Å². The largest absolute Gasteiger partial charge is 0.507 e. The van der Waals surface area contributed by atoms with Gasteiger partial charge in [-0.2, -0.15) is 0 Å². The summed E-state index contributed by atoms with van der Waals surface area (Å²) in [5, 5.41) is 19.1. The Labute approximate surface area is 124 Å². The molecule has 0 heterocycles. The fraction of sp³-hybridized carbons (Fsp3) is 0. The molecule has 0 saturated heterocycles. The van der Waals surface area contributed by atoms with Crippen LogP contribution in [-0.2, 0) is 4.79 Å². The number of carbonyl (C=O) groups is 1. The molecule has 2 rings (SSSR count). The molecule has 0 aliphatic carbocycles. The number of benzene rings is 2. The quantitative estimate of drug-likeness (QED) is 0.457. The number of hydrogen-bond donors (Lipinski definition) is 3. The molecule has 102 valence electrons. The molecule has 2 aromatic rings. The first kappa shape index (κ1) is 14.1. The highest BCUT2D eigenvalue weighted by Gasteiger charge is 2.11. The van der Waals surface area contributed by atoms with Gasteiger partial charge in [0, 0.05) is 15.7 Å². The van der Waals surface area contributed by atoms with Crippen molar-refractivity contribution in [1.82, 2.24) is 0 Å². The van der Waals surface area contributed by atoms with Crippen molar-refractivity contribution in [3.8, 4) is 5.75 Å². The third-order valence-electron chi connectivity index (χ3n) is 2.74. The summed E-state index contributed by atoms with van der Waals surface area (Å²) in [5.74, 6) is -1.06. The molecule has 0 aliphatic rings. The molecule has 0 atom stereocenters. The van der Waals surface area contributed by atoms with Crippen LogP contribution < -0.4 is 5.73 Å². The number of hydrogen-bond acceptors (Lipinski definition) is 3. The molecule has 5 heteroatoms. The van der Waals surface area contributed by atoms with Gasteiger partial charge in [0.2, 0.25) is 0 Å². The van der Waals surface area contributed by atoms with Crippen molar-refractivity contribution in [3.05, 3.63) is 58.1 Å². The minimum Gasteiger partial charge on any atom is -0.507 e. The van der Waals surface area contributed by atoms with E-state index in [1.54, 1.807) is 36.4 Å². The number of nitrogen functional groups attached to an aromatic ring is 1. The van der Waals surface area contributed by atoms with Crippen molar-refractivity contribution >= 4 is 39.2 Å². The highest BCUT2D eigenvalue weighted by Crippen LogP contribution is 2.27. The van der Waals surface area contributed by atoms with Crippen LogP contribution in [0.3, 0.4) is 0 Å². The lowest BCUT2D eigenvalue weighted by atomic mass is 10.0. The molecule has 0 bridgehead atoms. The molecule has 4 N–H and O–H groups in total. The molecule has 0 fully saturated rings. The Morgan fingerprint density at radius 1 is 1.15 bits per heavy atom. The van der Waals surface area contributed by atoms with Crippen LogP contribution >= 0.6 is 15.9 Å². The van der Waals surface area contributed by atoms with E-state index in [4.69, 9.17) is 5.73 Å². The zero-order valence-electron chi connectivity index (χ0n) is 10.4. The number of carboxylic acid groups (broad SMARTS) is 1. The van der Waals surface area contributed by atoms with Gasteiger partial charge in [0.25, 0.3) is 0 Å². The number of halogens is 1. The Morgan fingerprint density at radius 3 is 2.40 bits per heavy atom. The molecule has 0 saturated carbocycles. The summed E-state index contributed by atoms with van der Waals surface area (Å²) in [7, 11) is 0. The topological polar surface area (TPSA) is 83.5 Å². The maximum Gasteiger partial charge on any atom is 0.336 e. The van der Waals surface area contributed by atoms with E-state index >= 15 is 0 Å². The number of nitrogens with two attached hydrogens (primary N) is 1. The SMILES string of the molecule is Nc1ccc(/C(=C/c2cc(Br)ccc2O)C(=O)O)cc1. The molecular weight excluding hydrogens is 322 g/mol. The van der Waals surface area contributed by atoms with Crippen LogP contribution in [-0.4, -0.2) is 16.2 Å². The number of phenolic OH excluding ortho intramolecular Hbond substituents is 1. The zero-order chi connectivity index (χ0) is 14.7. The number of phenols is 1. The Morgan fingerprint density at radius 2 is 1.80 bits per heavy atom. The highest BCUT2D eigenvalue weighted by atomic mass is 79.9. The van der Waals surface area contributed by atoms with Crippen molar-refractivity contribution in [2.45, 2.75) is 0 Å². The molecule has 0 aliphatic heterocycles. The van der Waals surface area contributed by atoms with E-state index in [1.165, 1.54) is 12.1 Å². The number of aliphatic carboxylic acids is 1. The van der Waals surface area contributed by atoms with Crippen molar-refractivity contribution in [1.29, 1.82) is 0 Å². The molecule has 2 aromatic carbocycles. The van der Waals surface area contributed by atoms with Gasteiger partial charge in [0.05, 0.1) is 5.57 Å². The molecule has 0 unspecified atom stereocenters. The first-order valence-electron chi connectivity index (χ1n) is 5.77. The average molecular weight is 334 g/mol. The van der Waals surface area contributed by atoms with E-state index in [-0.39, 0.29) is 11.3 Å². The smallest absolute Gasteiger partial charge is 0.336 e. The summed E-state index contributed by atoms with van der Waals surface area (Å²) < 4.78 is 0.753. The van der Waals surface area contributed by atoms with Crippen molar-refractivity contribution in [3.63, 3.8) is 0 Å². The van der Waals surface area contributed by atoms with Gasteiger partial charge in [-0.3, -0.25) is 0 Å². The van der Waals surface area contributed by atoms with Crippen LogP contribution in [0.4, 0.5) is 5.69 Å². The van der Waals surface area contributed by atoms with Crippen LogP contribution in [0.2, 0.25) is 0 Å². The number of carboxylic acids is 1. The normalized spacial score (nSPS) is 11.3. The summed E-state index contributed by atoms with van der Waals surface area (Å²) in [5.41, 5.74) is 7.17. The number of rotatable bonds is 3. The lowest BCUT2D eigenvalue weighted by Gasteiger charge is -2.05. The standard InChI is InChI=1S/C15H12BrNO3/c16-11-3-6-14(18)10(7-11)8-13(15(19)20)9-1-4-12(17)5-2-9/h1-8,18H,17H2,(H,19,20)/b13-8-. The maximum atomic E-state index is 11.4. The van der Waals surface area contributed by atoms with Gasteiger partial charge in [0.1, 0.15) is 5.75 Å². The van der Waals surface area contributed by atoms with Gasteiger partial charge < -0.3 is 15.9 Å². The zero-order valence-corrected chi connectivity index (χ0v) is 12.0. The molecule has 0 spiro atoms. The van der Waals surface area contributed by atoms with Crippen LogP contribution in [0.25, 0.3) is 11.6 Å². The fourth-order valence-corrected chi connectivity index (χ4v) is 2.11. The second kappa shape index (κ2) is 5.79. The summed E-state index contributed by atoms with van der Waals surface area (Å²) in [4.78, 5) is 11.4. The first-order chi connectivity index (χ1) is 9.47. The molecular formula is C15H12BrNO3. The Kier molecular flexibility index (Phi) is 4.10.